The van der Waals surface area contributed by atoms with Crippen LogP contribution in [0.2, 0.25) is 0 Å². The quantitative estimate of drug-likeness (QED) is 0.536. The number of pyridine rings is 2. The van der Waals surface area contributed by atoms with E-state index in [4.69, 9.17) is 4.98 Å². The zero-order chi connectivity index (χ0) is 26.8. The van der Waals surface area contributed by atoms with Crippen molar-refractivity contribution < 1.29 is 13.2 Å². The van der Waals surface area contributed by atoms with Gasteiger partial charge < -0.3 is 14.7 Å². The number of anilines is 3. The first-order valence-corrected chi connectivity index (χ1v) is 14.4. The van der Waals surface area contributed by atoms with Crippen LogP contribution in [0.1, 0.15) is 24.8 Å². The lowest BCUT2D eigenvalue weighted by atomic mass is 9.64. The smallest absolute Gasteiger partial charge is 0.301 e. The van der Waals surface area contributed by atoms with Gasteiger partial charge in [0.05, 0.1) is 28.5 Å². The number of piperazine rings is 1. The number of benzene rings is 1. The van der Waals surface area contributed by atoms with E-state index in [0.29, 0.717) is 11.5 Å². The van der Waals surface area contributed by atoms with Gasteiger partial charge in [-0.1, -0.05) is 12.5 Å². The Bertz CT molecular complexity index is 1540. The van der Waals surface area contributed by atoms with Crippen LogP contribution in [0, 0.1) is 0 Å². The van der Waals surface area contributed by atoms with Crippen molar-refractivity contribution in [1.29, 1.82) is 0 Å². The maximum atomic E-state index is 13.2. The molecule has 1 N–H and O–H groups in total. The molecule has 6 rings (SSSR count). The molecule has 1 aliphatic carbocycles. The number of nitrogens with one attached hydrogen (secondary N) is 1. The molecule has 1 amide bonds. The normalized spacial score (nSPS) is 19.3. The Morgan fingerprint density at radius 2 is 1.71 bits per heavy atom. The second-order valence-corrected chi connectivity index (χ2v) is 12.7. The SMILES string of the molecule is CN1CCN(c2ncc(-c3ccc4ncc5c(c4c3)C3(CCC3)C(=O)N5C)cc2NS(=O)(=O)N(C)C)CC1. The van der Waals surface area contributed by atoms with Crippen LogP contribution in [0.15, 0.2) is 36.7 Å². The van der Waals surface area contributed by atoms with Crippen molar-refractivity contribution in [2.75, 3.05) is 68.9 Å². The minimum absolute atomic E-state index is 0.150. The summed E-state index contributed by atoms with van der Waals surface area (Å²) in [5.41, 5.74) is 4.46. The Kier molecular flexibility index (Phi) is 5.85. The van der Waals surface area contributed by atoms with E-state index in [1.165, 1.54) is 14.1 Å². The second kappa shape index (κ2) is 8.89. The first-order valence-electron chi connectivity index (χ1n) is 13.0. The van der Waals surface area contributed by atoms with Crippen LogP contribution in [-0.2, 0) is 20.4 Å². The molecule has 3 aromatic rings. The average molecular weight is 536 g/mol. The lowest BCUT2D eigenvalue weighted by molar-refractivity contribution is -0.125. The molecule has 10 nitrogen and oxygen atoms in total. The molecular weight excluding hydrogens is 502 g/mol. The van der Waals surface area contributed by atoms with Gasteiger partial charge in [-0.3, -0.25) is 14.5 Å². The summed E-state index contributed by atoms with van der Waals surface area (Å²) in [5, 5.41) is 0.968. The van der Waals surface area contributed by atoms with Crippen LogP contribution in [0.5, 0.6) is 0 Å². The molecule has 1 aromatic carbocycles. The topological polar surface area (TPSA) is 102 Å². The van der Waals surface area contributed by atoms with E-state index in [0.717, 1.165) is 83.0 Å². The summed E-state index contributed by atoms with van der Waals surface area (Å²) < 4.78 is 29.6. The van der Waals surface area contributed by atoms with Gasteiger partial charge in [0.1, 0.15) is 0 Å². The molecule has 38 heavy (non-hydrogen) atoms. The van der Waals surface area contributed by atoms with Gasteiger partial charge in [0.2, 0.25) is 5.91 Å². The van der Waals surface area contributed by atoms with Crippen molar-refractivity contribution in [3.8, 4) is 11.1 Å². The third-order valence-electron chi connectivity index (χ3n) is 8.33. The summed E-state index contributed by atoms with van der Waals surface area (Å²) in [6.45, 7) is 3.27. The van der Waals surface area contributed by atoms with Crippen molar-refractivity contribution >= 4 is 44.2 Å². The maximum absolute atomic E-state index is 13.2. The van der Waals surface area contributed by atoms with E-state index < -0.39 is 15.6 Å². The Morgan fingerprint density at radius 1 is 0.974 bits per heavy atom. The zero-order valence-corrected chi connectivity index (χ0v) is 23.0. The lowest BCUT2D eigenvalue weighted by Gasteiger charge is -2.37. The lowest BCUT2D eigenvalue weighted by Crippen LogP contribution is -2.45. The monoisotopic (exact) mass is 535 g/mol. The number of likely N-dealkylation sites (N-methyl/N-ethyl adjacent to an activating group) is 2. The summed E-state index contributed by atoms with van der Waals surface area (Å²) >= 11 is 0. The van der Waals surface area contributed by atoms with Gasteiger partial charge in [-0.05, 0) is 43.7 Å². The number of nitrogens with zero attached hydrogens (tertiary/aromatic N) is 6. The molecule has 3 aliphatic rings. The zero-order valence-electron chi connectivity index (χ0n) is 22.2. The van der Waals surface area contributed by atoms with E-state index in [1.54, 1.807) is 11.1 Å². The van der Waals surface area contributed by atoms with E-state index in [2.05, 4.69) is 32.6 Å². The summed E-state index contributed by atoms with van der Waals surface area (Å²) in [7, 11) is 3.17. The van der Waals surface area contributed by atoms with Gasteiger partial charge >= 0.3 is 10.2 Å². The molecular formula is C27H33N7O3S. The summed E-state index contributed by atoms with van der Waals surface area (Å²) in [6, 6.07) is 7.88. The average Bonchev–Trinajstić information content (AvgIpc) is 3.11. The number of carbonyl (C=O) groups excluding carboxylic acids is 1. The number of hydrogen-bond donors (Lipinski definition) is 1. The Labute approximate surface area is 223 Å². The fourth-order valence-electron chi connectivity index (χ4n) is 5.84. The van der Waals surface area contributed by atoms with Crippen LogP contribution >= 0.6 is 0 Å². The van der Waals surface area contributed by atoms with Crippen molar-refractivity contribution in [1.82, 2.24) is 19.2 Å². The Morgan fingerprint density at radius 3 is 2.37 bits per heavy atom. The van der Waals surface area contributed by atoms with Crippen LogP contribution in [0.3, 0.4) is 0 Å². The molecule has 0 unspecified atom stereocenters. The van der Waals surface area contributed by atoms with Crippen LogP contribution < -0.4 is 14.5 Å². The molecule has 200 valence electrons. The van der Waals surface area contributed by atoms with Gasteiger partial charge in [-0.2, -0.15) is 12.7 Å². The van der Waals surface area contributed by atoms with E-state index in [-0.39, 0.29) is 5.91 Å². The first-order chi connectivity index (χ1) is 18.1. The highest BCUT2D eigenvalue weighted by Crippen LogP contribution is 2.55. The van der Waals surface area contributed by atoms with Gasteiger partial charge in [0.25, 0.3) is 0 Å². The molecule has 11 heteroatoms. The minimum Gasteiger partial charge on any atom is -0.352 e. The molecule has 0 bridgehead atoms. The fourth-order valence-corrected chi connectivity index (χ4v) is 6.45. The summed E-state index contributed by atoms with van der Waals surface area (Å²) in [6.07, 6.45) is 6.35. The number of aromatic nitrogens is 2. The van der Waals surface area contributed by atoms with Gasteiger partial charge in [-0.25, -0.2) is 4.98 Å². The molecule has 1 saturated heterocycles. The predicted molar refractivity (Wildman–Crippen MR) is 150 cm³/mol. The molecule has 2 fully saturated rings. The third-order valence-corrected chi connectivity index (χ3v) is 9.77. The van der Waals surface area contributed by atoms with Crippen molar-refractivity contribution in [3.63, 3.8) is 0 Å². The molecule has 0 radical (unpaired) electrons. The molecule has 1 spiro atoms. The van der Waals surface area contributed by atoms with E-state index in [1.807, 2.05) is 31.4 Å². The largest absolute Gasteiger partial charge is 0.352 e. The molecule has 2 aromatic heterocycles. The summed E-state index contributed by atoms with van der Waals surface area (Å²) in [4.78, 5) is 28.7. The Balaban J connectivity index is 1.46. The molecule has 2 aliphatic heterocycles. The van der Waals surface area contributed by atoms with Crippen molar-refractivity contribution in [3.05, 3.63) is 42.2 Å². The van der Waals surface area contributed by atoms with Gasteiger partial charge in [0.15, 0.2) is 5.82 Å². The van der Waals surface area contributed by atoms with Gasteiger partial charge in [0, 0.05) is 70.0 Å². The molecule has 0 atom stereocenters. The third kappa shape index (κ3) is 3.83. The molecule has 1 saturated carbocycles. The maximum Gasteiger partial charge on any atom is 0.301 e. The predicted octanol–water partition coefficient (Wildman–Crippen LogP) is 2.67. The van der Waals surface area contributed by atoms with E-state index in [9.17, 15) is 13.2 Å². The van der Waals surface area contributed by atoms with Crippen LogP contribution in [-0.4, -0.2) is 87.9 Å². The highest BCUT2D eigenvalue weighted by molar-refractivity contribution is 7.90. The second-order valence-electron chi connectivity index (χ2n) is 10.8. The van der Waals surface area contributed by atoms with Crippen molar-refractivity contribution in [2.24, 2.45) is 0 Å². The van der Waals surface area contributed by atoms with Crippen molar-refractivity contribution in [2.45, 2.75) is 24.7 Å². The van der Waals surface area contributed by atoms with Crippen LogP contribution in [0.25, 0.3) is 22.0 Å². The number of carbonyl (C=O) groups is 1. The van der Waals surface area contributed by atoms with E-state index >= 15 is 0 Å². The number of rotatable bonds is 5. The van der Waals surface area contributed by atoms with Crippen LogP contribution in [0.4, 0.5) is 17.2 Å². The Hall–Kier alpha value is -3.28. The highest BCUT2D eigenvalue weighted by atomic mass is 32.2. The highest BCUT2D eigenvalue weighted by Gasteiger charge is 2.54. The standard InChI is InChI=1S/C27H33N7O3S/c1-31(2)38(36,37)30-22-15-19(16-29-25(22)34-12-10-32(3)11-13-34)18-6-7-21-20(14-18)24-23(17-28-21)33(4)26(35)27(24)8-5-9-27/h6-7,14-17,30H,5,8-13H2,1-4H3. The minimum atomic E-state index is -3.74. The number of fused-ring (bicyclic) bond motifs is 4. The first kappa shape index (κ1) is 25.0. The molecule has 4 heterocycles. The fraction of sp³-hybridized carbons (Fsp3) is 0.444. The summed E-state index contributed by atoms with van der Waals surface area (Å²) in [5.74, 6) is 0.772. The van der Waals surface area contributed by atoms with Gasteiger partial charge in [-0.15, -0.1) is 0 Å². The number of hydrogen-bond acceptors (Lipinski definition) is 7. The number of amides is 1.